The fourth-order valence-electron chi connectivity index (χ4n) is 2.77. The highest BCUT2D eigenvalue weighted by molar-refractivity contribution is 5.44. The average Bonchev–Trinajstić information content (AvgIpc) is 2.39. The van der Waals surface area contributed by atoms with Crippen LogP contribution in [0.5, 0.6) is 5.88 Å². The number of likely N-dealkylation sites (tertiary alicyclic amines) is 1. The second-order valence-electron chi connectivity index (χ2n) is 5.07. The molecule has 0 bridgehead atoms. The topological polar surface area (TPSA) is 41.5 Å². The number of methoxy groups -OCH3 is 1. The molecule has 0 atom stereocenters. The highest BCUT2D eigenvalue weighted by atomic mass is 16.5. The SMILES string of the molecule is COc1cc(N2CC(N3CCCCC3)C2)ncn1. The van der Waals surface area contributed by atoms with Gasteiger partial charge in [-0.2, -0.15) is 0 Å². The maximum absolute atomic E-state index is 5.13. The van der Waals surface area contributed by atoms with E-state index in [4.69, 9.17) is 4.74 Å². The van der Waals surface area contributed by atoms with Crippen molar-refractivity contribution < 1.29 is 4.74 Å². The van der Waals surface area contributed by atoms with Crippen LogP contribution in [0.15, 0.2) is 12.4 Å². The van der Waals surface area contributed by atoms with Crippen molar-refractivity contribution in [2.24, 2.45) is 0 Å². The average molecular weight is 248 g/mol. The first-order valence-electron chi connectivity index (χ1n) is 6.72. The smallest absolute Gasteiger partial charge is 0.218 e. The van der Waals surface area contributed by atoms with Gasteiger partial charge in [-0.3, -0.25) is 4.90 Å². The minimum Gasteiger partial charge on any atom is -0.481 e. The summed E-state index contributed by atoms with van der Waals surface area (Å²) in [5, 5.41) is 0. The minimum atomic E-state index is 0.640. The Bertz CT molecular complexity index is 400. The van der Waals surface area contributed by atoms with Gasteiger partial charge < -0.3 is 9.64 Å². The van der Waals surface area contributed by atoms with Crippen LogP contribution in [0.1, 0.15) is 19.3 Å². The molecule has 0 unspecified atom stereocenters. The Morgan fingerprint density at radius 3 is 2.67 bits per heavy atom. The molecular weight excluding hydrogens is 228 g/mol. The molecule has 0 saturated carbocycles. The largest absolute Gasteiger partial charge is 0.481 e. The third-order valence-electron chi connectivity index (χ3n) is 3.93. The van der Waals surface area contributed by atoms with Gasteiger partial charge in [0.15, 0.2) is 0 Å². The van der Waals surface area contributed by atoms with E-state index in [0.717, 1.165) is 18.9 Å². The minimum absolute atomic E-state index is 0.640. The first-order valence-corrected chi connectivity index (χ1v) is 6.72. The van der Waals surface area contributed by atoms with Crippen LogP contribution < -0.4 is 9.64 Å². The standard InChI is InChI=1S/C13H20N4O/c1-18-13-7-12(14-10-15-13)17-8-11(9-17)16-5-3-2-4-6-16/h7,10-11H,2-6,8-9H2,1H3. The molecule has 0 radical (unpaired) electrons. The number of rotatable bonds is 3. The molecule has 2 saturated heterocycles. The van der Waals surface area contributed by atoms with E-state index in [0.29, 0.717) is 11.9 Å². The third-order valence-corrected chi connectivity index (χ3v) is 3.93. The van der Waals surface area contributed by atoms with Crippen molar-refractivity contribution in [2.45, 2.75) is 25.3 Å². The summed E-state index contributed by atoms with van der Waals surface area (Å²) in [6.07, 6.45) is 5.69. The van der Waals surface area contributed by atoms with E-state index in [1.807, 2.05) is 6.07 Å². The van der Waals surface area contributed by atoms with E-state index in [9.17, 15) is 0 Å². The summed E-state index contributed by atoms with van der Waals surface area (Å²) in [5.41, 5.74) is 0. The van der Waals surface area contributed by atoms with E-state index in [1.165, 1.54) is 32.4 Å². The highest BCUT2D eigenvalue weighted by Gasteiger charge is 2.33. The molecule has 98 valence electrons. The number of hydrogen-bond donors (Lipinski definition) is 0. The van der Waals surface area contributed by atoms with Crippen molar-refractivity contribution in [2.75, 3.05) is 38.2 Å². The molecule has 0 aromatic carbocycles. The van der Waals surface area contributed by atoms with Crippen molar-refractivity contribution in [3.63, 3.8) is 0 Å². The molecule has 0 N–H and O–H groups in total. The molecule has 0 spiro atoms. The van der Waals surface area contributed by atoms with Crippen LogP contribution in [-0.4, -0.2) is 54.2 Å². The van der Waals surface area contributed by atoms with Gasteiger partial charge in [-0.15, -0.1) is 0 Å². The number of hydrogen-bond acceptors (Lipinski definition) is 5. The van der Waals surface area contributed by atoms with Gasteiger partial charge in [0.25, 0.3) is 0 Å². The maximum atomic E-state index is 5.13. The van der Waals surface area contributed by atoms with Crippen LogP contribution in [0.4, 0.5) is 5.82 Å². The molecule has 3 heterocycles. The molecule has 5 heteroatoms. The Morgan fingerprint density at radius 1 is 1.17 bits per heavy atom. The van der Waals surface area contributed by atoms with Crippen LogP contribution in [0, 0.1) is 0 Å². The summed E-state index contributed by atoms with van der Waals surface area (Å²) < 4.78 is 5.13. The van der Waals surface area contributed by atoms with E-state index >= 15 is 0 Å². The van der Waals surface area contributed by atoms with Gasteiger partial charge in [-0.25, -0.2) is 9.97 Å². The van der Waals surface area contributed by atoms with Crippen molar-refractivity contribution in [3.8, 4) is 5.88 Å². The van der Waals surface area contributed by atoms with E-state index < -0.39 is 0 Å². The number of piperidine rings is 1. The molecule has 2 fully saturated rings. The summed E-state index contributed by atoms with van der Waals surface area (Å²) in [4.78, 5) is 13.3. The van der Waals surface area contributed by atoms with Crippen molar-refractivity contribution >= 4 is 5.82 Å². The van der Waals surface area contributed by atoms with Gasteiger partial charge in [0.05, 0.1) is 7.11 Å². The zero-order valence-corrected chi connectivity index (χ0v) is 10.9. The number of nitrogens with zero attached hydrogens (tertiary/aromatic N) is 4. The van der Waals surface area contributed by atoms with Crippen molar-refractivity contribution in [1.29, 1.82) is 0 Å². The van der Waals surface area contributed by atoms with Crippen LogP contribution in [0.25, 0.3) is 0 Å². The number of aromatic nitrogens is 2. The van der Waals surface area contributed by atoms with E-state index in [1.54, 1.807) is 13.4 Å². The molecule has 2 aliphatic rings. The Morgan fingerprint density at radius 2 is 1.94 bits per heavy atom. The summed E-state index contributed by atoms with van der Waals surface area (Å²) in [6, 6.07) is 2.62. The fraction of sp³-hybridized carbons (Fsp3) is 0.692. The molecule has 2 aliphatic heterocycles. The van der Waals surface area contributed by atoms with Gasteiger partial charge in [-0.05, 0) is 25.9 Å². The van der Waals surface area contributed by atoms with Crippen molar-refractivity contribution in [1.82, 2.24) is 14.9 Å². The number of anilines is 1. The van der Waals surface area contributed by atoms with Gasteiger partial charge in [-0.1, -0.05) is 6.42 Å². The molecule has 18 heavy (non-hydrogen) atoms. The molecular formula is C13H20N4O. The second kappa shape index (κ2) is 5.10. The summed E-state index contributed by atoms with van der Waals surface area (Å²) in [5.74, 6) is 1.62. The van der Waals surface area contributed by atoms with Crippen LogP contribution in [0.2, 0.25) is 0 Å². The molecule has 3 rings (SSSR count). The Hall–Kier alpha value is -1.36. The van der Waals surface area contributed by atoms with Gasteiger partial charge >= 0.3 is 0 Å². The Labute approximate surface area is 108 Å². The highest BCUT2D eigenvalue weighted by Crippen LogP contribution is 2.25. The molecule has 5 nitrogen and oxygen atoms in total. The molecule has 1 aromatic rings. The van der Waals surface area contributed by atoms with E-state index in [-0.39, 0.29) is 0 Å². The predicted molar refractivity (Wildman–Crippen MR) is 70.0 cm³/mol. The first kappa shape index (κ1) is 11.7. The fourth-order valence-corrected chi connectivity index (χ4v) is 2.77. The van der Waals surface area contributed by atoms with Crippen molar-refractivity contribution in [3.05, 3.63) is 12.4 Å². The maximum Gasteiger partial charge on any atom is 0.218 e. The van der Waals surface area contributed by atoms with Gasteiger partial charge in [0.1, 0.15) is 12.1 Å². The quantitative estimate of drug-likeness (QED) is 0.803. The Kier molecular flexibility index (Phi) is 3.32. The van der Waals surface area contributed by atoms with Gasteiger partial charge in [0, 0.05) is 25.2 Å². The molecule has 0 aliphatic carbocycles. The second-order valence-corrected chi connectivity index (χ2v) is 5.07. The summed E-state index contributed by atoms with van der Waals surface area (Å²) >= 11 is 0. The zero-order chi connectivity index (χ0) is 12.4. The lowest BCUT2D eigenvalue weighted by atomic mass is 10.0. The predicted octanol–water partition coefficient (Wildman–Crippen LogP) is 1.16. The molecule has 1 aromatic heterocycles. The number of ether oxygens (including phenoxy) is 1. The normalized spacial score (nSPS) is 21.7. The van der Waals surface area contributed by atoms with Crippen LogP contribution >= 0.6 is 0 Å². The Balaban J connectivity index is 1.57. The lowest BCUT2D eigenvalue weighted by Crippen LogP contribution is -2.60. The summed E-state index contributed by atoms with van der Waals surface area (Å²) in [6.45, 7) is 4.71. The lowest BCUT2D eigenvalue weighted by Gasteiger charge is -2.47. The monoisotopic (exact) mass is 248 g/mol. The third kappa shape index (κ3) is 2.27. The van der Waals surface area contributed by atoms with Gasteiger partial charge in [0.2, 0.25) is 5.88 Å². The first-order chi connectivity index (χ1) is 8.86. The van der Waals surface area contributed by atoms with Crippen LogP contribution in [0.3, 0.4) is 0 Å². The summed E-state index contributed by atoms with van der Waals surface area (Å²) in [7, 11) is 1.64. The van der Waals surface area contributed by atoms with Crippen LogP contribution in [-0.2, 0) is 0 Å². The lowest BCUT2D eigenvalue weighted by molar-refractivity contribution is 0.138. The van der Waals surface area contributed by atoms with E-state index in [2.05, 4.69) is 19.8 Å². The molecule has 0 amide bonds. The zero-order valence-electron chi connectivity index (χ0n) is 10.9.